The molecule has 4 rings (SSSR count). The highest BCUT2D eigenvalue weighted by atomic mass is 32.1. The largest absolute Gasteiger partial charge is 0.351 e. The van der Waals surface area contributed by atoms with E-state index in [0.717, 1.165) is 29.5 Å². The fourth-order valence-electron chi connectivity index (χ4n) is 3.83. The van der Waals surface area contributed by atoms with E-state index in [4.69, 9.17) is 0 Å². The molecule has 2 atom stereocenters. The Labute approximate surface area is 149 Å². The van der Waals surface area contributed by atoms with Crippen molar-refractivity contribution >= 4 is 33.0 Å². The smallest absolute Gasteiger partial charge is 0.291 e. The molecular weight excluding hydrogens is 336 g/mol. The van der Waals surface area contributed by atoms with Gasteiger partial charge in [-0.2, -0.15) is 5.10 Å². The Hall–Kier alpha value is -2.15. The Morgan fingerprint density at radius 3 is 3.00 bits per heavy atom. The molecule has 3 aromatic rings. The fourth-order valence-corrected chi connectivity index (χ4v) is 4.77. The second-order valence-electron chi connectivity index (χ2n) is 6.99. The highest BCUT2D eigenvalue weighted by Crippen LogP contribution is 2.25. The van der Waals surface area contributed by atoms with Crippen LogP contribution in [0.25, 0.3) is 15.7 Å². The highest BCUT2D eigenvalue weighted by molar-refractivity contribution is 7.16. The average Bonchev–Trinajstić information content (AvgIpc) is 3.15. The molecule has 0 unspecified atom stereocenters. The summed E-state index contributed by atoms with van der Waals surface area (Å²) in [5, 5.41) is 10.5. The topological polar surface area (TPSA) is 68.4 Å². The van der Waals surface area contributed by atoms with Crippen molar-refractivity contribution in [3.05, 3.63) is 33.7 Å². The first kappa shape index (κ1) is 16.3. The minimum atomic E-state index is -0.221. The molecular formula is C18H22N4O2S. The molecule has 1 saturated carbocycles. The van der Waals surface area contributed by atoms with E-state index in [1.54, 1.807) is 11.3 Å². The van der Waals surface area contributed by atoms with Crippen LogP contribution in [-0.2, 0) is 11.3 Å². The van der Waals surface area contributed by atoms with Gasteiger partial charge in [0.15, 0.2) is 0 Å². The van der Waals surface area contributed by atoms with Crippen molar-refractivity contribution in [1.82, 2.24) is 19.5 Å². The van der Waals surface area contributed by atoms with Crippen LogP contribution >= 0.6 is 11.3 Å². The van der Waals surface area contributed by atoms with Crippen LogP contribution in [0.4, 0.5) is 0 Å². The van der Waals surface area contributed by atoms with Gasteiger partial charge in [-0.3, -0.25) is 14.0 Å². The standard InChI is InChI=1S/C18H22N4O2S/c1-11-5-3-4-6-14(11)19-16(23)10-21-17(24)15-9-13-7-8-25-18(13)22(15)12(2)20-21/h7-9,11,14H,3-6,10H2,1-2H3,(H,19,23)/t11-,14+/m0/s1. The van der Waals surface area contributed by atoms with E-state index in [1.807, 2.05) is 28.8 Å². The zero-order valence-electron chi connectivity index (χ0n) is 14.5. The number of nitrogens with zero attached hydrogens (tertiary/aromatic N) is 3. The molecule has 3 heterocycles. The Balaban J connectivity index is 1.62. The van der Waals surface area contributed by atoms with Crippen molar-refractivity contribution in [2.75, 3.05) is 0 Å². The molecule has 1 fully saturated rings. The average molecular weight is 358 g/mol. The SMILES string of the molecule is Cc1nn(CC(=O)N[C@@H]2CCCC[C@@H]2C)c(=O)c2cc3ccsc3n12. The minimum absolute atomic E-state index is 0.0295. The molecule has 1 amide bonds. The molecule has 0 radical (unpaired) electrons. The van der Waals surface area contributed by atoms with Gasteiger partial charge in [0.25, 0.3) is 5.56 Å². The Kier molecular flexibility index (Phi) is 4.11. The number of carbonyl (C=O) groups excluding carboxylic acids is 1. The monoisotopic (exact) mass is 358 g/mol. The Morgan fingerprint density at radius 2 is 2.20 bits per heavy atom. The third-order valence-electron chi connectivity index (χ3n) is 5.20. The van der Waals surface area contributed by atoms with E-state index in [0.29, 0.717) is 17.3 Å². The van der Waals surface area contributed by atoms with Gasteiger partial charge in [-0.25, -0.2) is 4.68 Å². The number of hydrogen-bond acceptors (Lipinski definition) is 4. The van der Waals surface area contributed by atoms with Gasteiger partial charge in [-0.1, -0.05) is 19.8 Å². The molecule has 0 bridgehead atoms. The van der Waals surface area contributed by atoms with Gasteiger partial charge in [-0.15, -0.1) is 11.3 Å². The molecule has 0 spiro atoms. The molecule has 0 saturated heterocycles. The van der Waals surface area contributed by atoms with E-state index in [-0.39, 0.29) is 24.1 Å². The first-order chi connectivity index (χ1) is 12.0. The van der Waals surface area contributed by atoms with Crippen molar-refractivity contribution in [1.29, 1.82) is 0 Å². The lowest BCUT2D eigenvalue weighted by molar-refractivity contribution is -0.123. The Bertz CT molecular complexity index is 1000. The summed E-state index contributed by atoms with van der Waals surface area (Å²) in [5.74, 6) is 1.07. The van der Waals surface area contributed by atoms with Crippen LogP contribution in [0.5, 0.6) is 0 Å². The third-order valence-corrected chi connectivity index (χ3v) is 6.12. The summed E-state index contributed by atoms with van der Waals surface area (Å²) in [7, 11) is 0. The van der Waals surface area contributed by atoms with Crippen LogP contribution in [0.3, 0.4) is 0 Å². The van der Waals surface area contributed by atoms with Gasteiger partial charge in [0.05, 0.1) is 0 Å². The second kappa shape index (κ2) is 6.29. The molecule has 1 aliphatic rings. The van der Waals surface area contributed by atoms with Gasteiger partial charge in [0.2, 0.25) is 5.91 Å². The zero-order valence-corrected chi connectivity index (χ0v) is 15.3. The lowest BCUT2D eigenvalue weighted by Gasteiger charge is -2.29. The van der Waals surface area contributed by atoms with Gasteiger partial charge < -0.3 is 5.32 Å². The lowest BCUT2D eigenvalue weighted by atomic mass is 9.86. The number of aromatic nitrogens is 3. The van der Waals surface area contributed by atoms with Crippen molar-refractivity contribution in [3.63, 3.8) is 0 Å². The summed E-state index contributed by atoms with van der Waals surface area (Å²) in [6, 6.07) is 4.08. The maximum absolute atomic E-state index is 12.7. The van der Waals surface area contributed by atoms with E-state index in [2.05, 4.69) is 17.3 Å². The highest BCUT2D eigenvalue weighted by Gasteiger charge is 2.23. The van der Waals surface area contributed by atoms with Gasteiger partial charge in [0.1, 0.15) is 22.7 Å². The van der Waals surface area contributed by atoms with Gasteiger partial charge in [0, 0.05) is 11.4 Å². The van der Waals surface area contributed by atoms with E-state index >= 15 is 0 Å². The van der Waals surface area contributed by atoms with Crippen molar-refractivity contribution in [3.8, 4) is 0 Å². The first-order valence-electron chi connectivity index (χ1n) is 8.80. The van der Waals surface area contributed by atoms with Crippen LogP contribution in [0.1, 0.15) is 38.4 Å². The summed E-state index contributed by atoms with van der Waals surface area (Å²) < 4.78 is 3.16. The fraction of sp³-hybridized carbons (Fsp3) is 0.500. The second-order valence-corrected chi connectivity index (χ2v) is 7.89. The molecule has 132 valence electrons. The number of nitrogens with one attached hydrogen (secondary N) is 1. The number of carbonyl (C=O) groups is 1. The molecule has 0 aromatic carbocycles. The summed E-state index contributed by atoms with van der Waals surface area (Å²) in [6.07, 6.45) is 4.55. The molecule has 25 heavy (non-hydrogen) atoms. The summed E-state index contributed by atoms with van der Waals surface area (Å²) in [6.45, 7) is 4.01. The number of amides is 1. The normalized spacial score (nSPS) is 21.0. The maximum atomic E-state index is 12.7. The van der Waals surface area contributed by atoms with Crippen molar-refractivity contribution in [2.24, 2.45) is 5.92 Å². The predicted octanol–water partition coefficient (Wildman–Crippen LogP) is 2.71. The molecule has 1 N–H and O–H groups in total. The van der Waals surface area contributed by atoms with Crippen LogP contribution < -0.4 is 10.9 Å². The van der Waals surface area contributed by atoms with E-state index in [9.17, 15) is 9.59 Å². The van der Waals surface area contributed by atoms with Crippen LogP contribution in [0.15, 0.2) is 22.3 Å². The lowest BCUT2D eigenvalue weighted by Crippen LogP contribution is -2.44. The van der Waals surface area contributed by atoms with Crippen LogP contribution in [-0.4, -0.2) is 26.1 Å². The number of thiophene rings is 1. The zero-order chi connectivity index (χ0) is 17.6. The maximum Gasteiger partial charge on any atom is 0.291 e. The molecule has 1 aliphatic carbocycles. The van der Waals surface area contributed by atoms with E-state index < -0.39 is 0 Å². The Morgan fingerprint density at radius 1 is 1.40 bits per heavy atom. The molecule has 6 nitrogen and oxygen atoms in total. The summed E-state index contributed by atoms with van der Waals surface area (Å²) in [5.41, 5.74) is 0.356. The van der Waals surface area contributed by atoms with E-state index in [1.165, 1.54) is 11.1 Å². The minimum Gasteiger partial charge on any atom is -0.351 e. The predicted molar refractivity (Wildman–Crippen MR) is 99.1 cm³/mol. The van der Waals surface area contributed by atoms with Crippen LogP contribution in [0, 0.1) is 12.8 Å². The summed E-state index contributed by atoms with van der Waals surface area (Å²) in [4.78, 5) is 26.2. The summed E-state index contributed by atoms with van der Waals surface area (Å²) >= 11 is 1.59. The van der Waals surface area contributed by atoms with Gasteiger partial charge >= 0.3 is 0 Å². The number of aryl methyl sites for hydroxylation is 1. The van der Waals surface area contributed by atoms with Crippen molar-refractivity contribution in [2.45, 2.75) is 52.1 Å². The number of rotatable bonds is 3. The number of hydrogen-bond donors (Lipinski definition) is 1. The van der Waals surface area contributed by atoms with Crippen LogP contribution in [0.2, 0.25) is 0 Å². The molecule has 0 aliphatic heterocycles. The quantitative estimate of drug-likeness (QED) is 0.783. The van der Waals surface area contributed by atoms with Crippen molar-refractivity contribution < 1.29 is 4.79 Å². The molecule has 3 aromatic heterocycles. The number of fused-ring (bicyclic) bond motifs is 3. The van der Waals surface area contributed by atoms with Gasteiger partial charge in [-0.05, 0) is 43.2 Å². The first-order valence-corrected chi connectivity index (χ1v) is 9.68. The molecule has 7 heteroatoms. The third kappa shape index (κ3) is 2.86.